The lowest BCUT2D eigenvalue weighted by Crippen LogP contribution is -2.21. The van der Waals surface area contributed by atoms with Crippen LogP contribution in [0, 0.1) is 5.92 Å². The van der Waals surface area contributed by atoms with Crippen LogP contribution in [0.2, 0.25) is 0 Å². The molecule has 3 aromatic rings. The van der Waals surface area contributed by atoms with E-state index in [0.29, 0.717) is 12.8 Å². The highest BCUT2D eigenvalue weighted by Gasteiger charge is 2.21. The first-order chi connectivity index (χ1) is 14.4. The number of benzene rings is 3. The van der Waals surface area contributed by atoms with Crippen molar-refractivity contribution in [1.82, 2.24) is 0 Å². The third kappa shape index (κ3) is 7.28. The Kier molecular flexibility index (Phi) is 9.38. The van der Waals surface area contributed by atoms with Crippen LogP contribution in [0.1, 0.15) is 54.8 Å². The Morgan fingerprint density at radius 2 is 1.16 bits per heavy atom. The number of hydrogen-bond acceptors (Lipinski definition) is 4. The molecule has 0 amide bonds. The van der Waals surface area contributed by atoms with Crippen LogP contribution in [0.5, 0.6) is 11.5 Å². The minimum atomic E-state index is -0.476. The quantitative estimate of drug-likeness (QED) is 0.352. The lowest BCUT2D eigenvalue weighted by Gasteiger charge is -2.25. The SMILES string of the molecule is CC(CC(O)CC(N)c1ccccc1)CC(c1ccc(O)cc1)c1ccc(O)cc1.Cl. The van der Waals surface area contributed by atoms with Crippen LogP contribution < -0.4 is 5.73 Å². The molecule has 0 saturated heterocycles. The molecule has 0 bridgehead atoms. The number of phenols is 2. The molecule has 0 aliphatic carbocycles. The third-order valence-electron chi connectivity index (χ3n) is 5.66. The fraction of sp³-hybridized carbons (Fsp3) is 0.308. The number of aromatic hydroxyl groups is 2. The summed E-state index contributed by atoms with van der Waals surface area (Å²) in [5.41, 5.74) is 9.51. The number of rotatable bonds is 9. The predicted octanol–water partition coefficient (Wildman–Crippen LogP) is 5.52. The van der Waals surface area contributed by atoms with Gasteiger partial charge in [0.05, 0.1) is 6.10 Å². The second-order valence-corrected chi connectivity index (χ2v) is 8.22. The van der Waals surface area contributed by atoms with E-state index < -0.39 is 6.10 Å². The van der Waals surface area contributed by atoms with Gasteiger partial charge in [-0.3, -0.25) is 0 Å². The second-order valence-electron chi connectivity index (χ2n) is 8.22. The van der Waals surface area contributed by atoms with Crippen molar-refractivity contribution in [1.29, 1.82) is 0 Å². The zero-order valence-corrected chi connectivity index (χ0v) is 18.6. The first-order valence-corrected chi connectivity index (χ1v) is 10.5. The number of aliphatic hydroxyl groups is 1. The van der Waals surface area contributed by atoms with Crippen LogP contribution >= 0.6 is 12.4 Å². The van der Waals surface area contributed by atoms with E-state index in [-0.39, 0.29) is 41.8 Å². The summed E-state index contributed by atoms with van der Waals surface area (Å²) in [6, 6.07) is 24.2. The number of nitrogens with two attached hydrogens (primary N) is 1. The number of hydrogen-bond donors (Lipinski definition) is 4. The van der Waals surface area contributed by atoms with E-state index in [4.69, 9.17) is 5.73 Å². The molecular weight excluding hydrogens is 410 g/mol. The molecule has 0 saturated carbocycles. The summed E-state index contributed by atoms with van der Waals surface area (Å²) >= 11 is 0. The van der Waals surface area contributed by atoms with Crippen molar-refractivity contribution in [2.75, 3.05) is 0 Å². The molecule has 0 aliphatic rings. The fourth-order valence-electron chi connectivity index (χ4n) is 4.07. The highest BCUT2D eigenvalue weighted by atomic mass is 35.5. The van der Waals surface area contributed by atoms with Crippen molar-refractivity contribution in [3.05, 3.63) is 95.6 Å². The smallest absolute Gasteiger partial charge is 0.115 e. The highest BCUT2D eigenvalue weighted by Crippen LogP contribution is 2.34. The Bertz CT molecular complexity index is 855. The van der Waals surface area contributed by atoms with E-state index in [0.717, 1.165) is 23.1 Å². The Balaban J connectivity index is 0.00000341. The maximum atomic E-state index is 10.6. The van der Waals surface area contributed by atoms with E-state index in [2.05, 4.69) is 6.92 Å². The van der Waals surface area contributed by atoms with Gasteiger partial charge in [0, 0.05) is 12.0 Å². The summed E-state index contributed by atoms with van der Waals surface area (Å²) < 4.78 is 0. The van der Waals surface area contributed by atoms with Crippen molar-refractivity contribution in [2.45, 2.75) is 44.2 Å². The maximum Gasteiger partial charge on any atom is 0.115 e. The second kappa shape index (κ2) is 11.8. The average molecular weight is 442 g/mol. The molecule has 0 radical (unpaired) electrons. The first kappa shape index (κ1) is 24.7. The van der Waals surface area contributed by atoms with Gasteiger partial charge in [0.2, 0.25) is 0 Å². The molecule has 5 heteroatoms. The van der Waals surface area contributed by atoms with Crippen molar-refractivity contribution in [3.8, 4) is 11.5 Å². The van der Waals surface area contributed by atoms with E-state index in [1.807, 2.05) is 54.6 Å². The molecule has 3 rings (SSSR count). The van der Waals surface area contributed by atoms with E-state index in [9.17, 15) is 15.3 Å². The molecule has 3 unspecified atom stereocenters. The topological polar surface area (TPSA) is 86.7 Å². The van der Waals surface area contributed by atoms with Crippen LogP contribution in [0.3, 0.4) is 0 Å². The van der Waals surface area contributed by atoms with Crippen LogP contribution in [-0.2, 0) is 0 Å². The fourth-order valence-corrected chi connectivity index (χ4v) is 4.07. The largest absolute Gasteiger partial charge is 0.508 e. The minimum absolute atomic E-state index is 0. The Hall–Kier alpha value is -2.53. The summed E-state index contributed by atoms with van der Waals surface area (Å²) in [6.45, 7) is 2.14. The van der Waals surface area contributed by atoms with Crippen molar-refractivity contribution in [3.63, 3.8) is 0 Å². The van der Waals surface area contributed by atoms with Gasteiger partial charge in [0.15, 0.2) is 0 Å². The highest BCUT2D eigenvalue weighted by molar-refractivity contribution is 5.85. The monoisotopic (exact) mass is 441 g/mol. The van der Waals surface area contributed by atoms with Gasteiger partial charge in [-0.2, -0.15) is 0 Å². The summed E-state index contributed by atoms with van der Waals surface area (Å²) in [7, 11) is 0. The lowest BCUT2D eigenvalue weighted by atomic mass is 9.82. The zero-order valence-electron chi connectivity index (χ0n) is 17.8. The Labute approximate surface area is 190 Å². The predicted molar refractivity (Wildman–Crippen MR) is 128 cm³/mol. The maximum absolute atomic E-state index is 10.6. The van der Waals surface area contributed by atoms with Crippen molar-refractivity contribution >= 4 is 12.4 Å². The molecule has 0 aliphatic heterocycles. The number of phenolic OH excluding ortho intramolecular Hbond substituents is 2. The van der Waals surface area contributed by atoms with Gasteiger partial charge < -0.3 is 21.1 Å². The normalized spacial score (nSPS) is 13.9. The van der Waals surface area contributed by atoms with Gasteiger partial charge >= 0.3 is 0 Å². The van der Waals surface area contributed by atoms with E-state index >= 15 is 0 Å². The lowest BCUT2D eigenvalue weighted by molar-refractivity contribution is 0.125. The summed E-state index contributed by atoms with van der Waals surface area (Å²) in [6.07, 6.45) is 1.55. The van der Waals surface area contributed by atoms with Crippen LogP contribution in [-0.4, -0.2) is 21.4 Å². The standard InChI is InChI=1S/C26H31NO3.ClH/c1-18(15-24(30)17-26(27)21-5-3-2-4-6-21)16-25(19-7-11-22(28)12-8-19)20-9-13-23(29)14-10-20;/h2-14,18,24-26,28-30H,15-17,27H2,1H3;1H. The van der Waals surface area contributed by atoms with Gasteiger partial charge in [-0.25, -0.2) is 0 Å². The molecule has 0 spiro atoms. The van der Waals surface area contributed by atoms with Crippen LogP contribution in [0.15, 0.2) is 78.9 Å². The first-order valence-electron chi connectivity index (χ1n) is 10.5. The molecule has 3 aromatic carbocycles. The van der Waals surface area contributed by atoms with E-state index in [1.54, 1.807) is 24.3 Å². The van der Waals surface area contributed by atoms with Crippen molar-refractivity contribution < 1.29 is 15.3 Å². The summed E-state index contributed by atoms with van der Waals surface area (Å²) in [5, 5.41) is 29.9. The molecule has 4 nitrogen and oxygen atoms in total. The van der Waals surface area contributed by atoms with Gasteiger partial charge in [0.25, 0.3) is 0 Å². The van der Waals surface area contributed by atoms with Crippen LogP contribution in [0.4, 0.5) is 0 Å². The minimum Gasteiger partial charge on any atom is -0.508 e. The average Bonchev–Trinajstić information content (AvgIpc) is 2.74. The Morgan fingerprint density at radius 3 is 1.65 bits per heavy atom. The van der Waals surface area contributed by atoms with E-state index in [1.165, 1.54) is 0 Å². The number of halogens is 1. The zero-order chi connectivity index (χ0) is 21.5. The van der Waals surface area contributed by atoms with Crippen LogP contribution in [0.25, 0.3) is 0 Å². The molecule has 0 fully saturated rings. The summed E-state index contributed by atoms with van der Waals surface area (Å²) in [4.78, 5) is 0. The molecule has 166 valence electrons. The molecule has 31 heavy (non-hydrogen) atoms. The number of aliphatic hydroxyl groups excluding tert-OH is 1. The molecule has 5 N–H and O–H groups in total. The van der Waals surface area contributed by atoms with Crippen molar-refractivity contribution in [2.24, 2.45) is 11.7 Å². The van der Waals surface area contributed by atoms with Gasteiger partial charge in [-0.1, -0.05) is 61.5 Å². The van der Waals surface area contributed by atoms with Gasteiger partial charge in [-0.15, -0.1) is 12.4 Å². The molecule has 0 heterocycles. The van der Waals surface area contributed by atoms with Gasteiger partial charge in [0.1, 0.15) is 11.5 Å². The Morgan fingerprint density at radius 1 is 0.677 bits per heavy atom. The van der Waals surface area contributed by atoms with Gasteiger partial charge in [-0.05, 0) is 66.1 Å². The summed E-state index contributed by atoms with van der Waals surface area (Å²) in [5.74, 6) is 0.843. The molecule has 0 aromatic heterocycles. The third-order valence-corrected chi connectivity index (χ3v) is 5.66. The molecule has 3 atom stereocenters. The molecular formula is C26H32ClNO3.